The maximum absolute atomic E-state index is 12.5. The SMILES string of the molecule is Cc1ccc(S(=O)(=O)NC[C@@H]2CCO[C@@H]2c2ccc3c(c2)OCO3)cc1. The van der Waals surface area contributed by atoms with Crippen LogP contribution in [0.5, 0.6) is 11.5 Å². The Morgan fingerprint density at radius 2 is 1.85 bits per heavy atom. The van der Waals surface area contributed by atoms with Gasteiger partial charge in [0.05, 0.1) is 11.0 Å². The number of aryl methyl sites for hydroxylation is 1. The standard InChI is InChI=1S/C19H21NO5S/c1-13-2-5-16(6-3-13)26(21,22)20-11-15-8-9-23-19(15)14-4-7-17-18(10-14)25-12-24-17/h2-7,10,15,19-20H,8-9,11-12H2,1H3/t15-,19+/m0/s1. The Bertz CT molecular complexity index is 895. The molecule has 4 rings (SSSR count). The van der Waals surface area contributed by atoms with Crippen LogP contribution in [0.3, 0.4) is 0 Å². The highest BCUT2D eigenvalue weighted by molar-refractivity contribution is 7.89. The van der Waals surface area contributed by atoms with E-state index in [1.54, 1.807) is 24.3 Å². The Balaban J connectivity index is 1.46. The van der Waals surface area contributed by atoms with Gasteiger partial charge in [-0.25, -0.2) is 13.1 Å². The van der Waals surface area contributed by atoms with Crippen LogP contribution in [-0.2, 0) is 14.8 Å². The molecule has 0 bridgehead atoms. The van der Waals surface area contributed by atoms with E-state index in [1.807, 2.05) is 25.1 Å². The van der Waals surface area contributed by atoms with Crippen LogP contribution >= 0.6 is 0 Å². The minimum atomic E-state index is -3.53. The summed E-state index contributed by atoms with van der Waals surface area (Å²) in [5.41, 5.74) is 2.00. The molecule has 2 aromatic carbocycles. The molecule has 0 saturated carbocycles. The summed E-state index contributed by atoms with van der Waals surface area (Å²) >= 11 is 0. The summed E-state index contributed by atoms with van der Waals surface area (Å²) in [4.78, 5) is 0.279. The first-order valence-electron chi connectivity index (χ1n) is 8.60. The first kappa shape index (κ1) is 17.3. The summed E-state index contributed by atoms with van der Waals surface area (Å²) in [6.07, 6.45) is 0.639. The van der Waals surface area contributed by atoms with Crippen molar-refractivity contribution in [2.45, 2.75) is 24.3 Å². The fourth-order valence-corrected chi connectivity index (χ4v) is 4.41. The van der Waals surface area contributed by atoms with Crippen LogP contribution in [-0.4, -0.2) is 28.4 Å². The predicted octanol–water partition coefficient (Wildman–Crippen LogP) is 2.78. The molecule has 0 aliphatic carbocycles. The molecule has 1 fully saturated rings. The predicted molar refractivity (Wildman–Crippen MR) is 95.7 cm³/mol. The van der Waals surface area contributed by atoms with Crippen LogP contribution in [0.2, 0.25) is 0 Å². The first-order valence-corrected chi connectivity index (χ1v) is 10.1. The van der Waals surface area contributed by atoms with Gasteiger partial charge in [0.25, 0.3) is 0 Å². The fourth-order valence-electron chi connectivity index (χ4n) is 3.32. The summed E-state index contributed by atoms with van der Waals surface area (Å²) < 4.78 is 44.4. The largest absolute Gasteiger partial charge is 0.454 e. The number of ether oxygens (including phenoxy) is 3. The molecule has 1 saturated heterocycles. The van der Waals surface area contributed by atoms with Crippen molar-refractivity contribution in [3.05, 3.63) is 53.6 Å². The third kappa shape index (κ3) is 3.42. The van der Waals surface area contributed by atoms with E-state index in [0.717, 1.165) is 23.3 Å². The number of rotatable bonds is 5. The van der Waals surface area contributed by atoms with Gasteiger partial charge in [-0.15, -0.1) is 0 Å². The molecule has 1 N–H and O–H groups in total. The average Bonchev–Trinajstić information content (AvgIpc) is 3.28. The molecule has 138 valence electrons. The summed E-state index contributed by atoms with van der Waals surface area (Å²) in [5, 5.41) is 0. The van der Waals surface area contributed by atoms with Crippen molar-refractivity contribution in [1.29, 1.82) is 0 Å². The summed E-state index contributed by atoms with van der Waals surface area (Å²) in [6.45, 7) is 3.09. The molecule has 0 amide bonds. The lowest BCUT2D eigenvalue weighted by molar-refractivity contribution is 0.0915. The van der Waals surface area contributed by atoms with E-state index in [1.165, 1.54) is 0 Å². The molecule has 0 radical (unpaired) electrons. The Hall–Kier alpha value is -2.09. The van der Waals surface area contributed by atoms with Gasteiger partial charge in [0.15, 0.2) is 11.5 Å². The lowest BCUT2D eigenvalue weighted by atomic mass is 9.95. The zero-order valence-corrected chi connectivity index (χ0v) is 15.3. The summed E-state index contributed by atoms with van der Waals surface area (Å²) in [7, 11) is -3.53. The maximum Gasteiger partial charge on any atom is 0.240 e. The molecule has 2 atom stereocenters. The molecule has 26 heavy (non-hydrogen) atoms. The summed E-state index contributed by atoms with van der Waals surface area (Å²) in [5.74, 6) is 1.50. The number of hydrogen-bond acceptors (Lipinski definition) is 5. The van der Waals surface area contributed by atoms with Gasteiger partial charge in [-0.1, -0.05) is 23.8 Å². The van der Waals surface area contributed by atoms with Crippen molar-refractivity contribution in [3.63, 3.8) is 0 Å². The molecule has 2 heterocycles. The van der Waals surface area contributed by atoms with E-state index in [9.17, 15) is 8.42 Å². The van der Waals surface area contributed by atoms with Gasteiger partial charge < -0.3 is 14.2 Å². The topological polar surface area (TPSA) is 73.9 Å². The number of nitrogens with one attached hydrogen (secondary N) is 1. The van der Waals surface area contributed by atoms with Gasteiger partial charge in [-0.3, -0.25) is 0 Å². The summed E-state index contributed by atoms with van der Waals surface area (Å²) in [6, 6.07) is 12.6. The maximum atomic E-state index is 12.5. The highest BCUT2D eigenvalue weighted by Crippen LogP contribution is 2.40. The van der Waals surface area contributed by atoms with Gasteiger partial charge in [0.1, 0.15) is 0 Å². The highest BCUT2D eigenvalue weighted by atomic mass is 32.2. The third-order valence-corrected chi connectivity index (χ3v) is 6.25. The van der Waals surface area contributed by atoms with E-state index < -0.39 is 10.0 Å². The van der Waals surface area contributed by atoms with Gasteiger partial charge in [0, 0.05) is 19.1 Å². The van der Waals surface area contributed by atoms with Crippen molar-refractivity contribution in [2.75, 3.05) is 19.9 Å². The molecule has 2 aliphatic heterocycles. The Kier molecular flexibility index (Phi) is 4.60. The fraction of sp³-hybridized carbons (Fsp3) is 0.368. The van der Waals surface area contributed by atoms with Crippen LogP contribution in [0.4, 0.5) is 0 Å². The smallest absolute Gasteiger partial charge is 0.240 e. The quantitative estimate of drug-likeness (QED) is 0.870. The normalized spacial score (nSPS) is 21.9. The zero-order valence-electron chi connectivity index (χ0n) is 14.5. The number of sulfonamides is 1. The van der Waals surface area contributed by atoms with Crippen LogP contribution in [0, 0.1) is 12.8 Å². The molecule has 6 nitrogen and oxygen atoms in total. The number of hydrogen-bond donors (Lipinski definition) is 1. The lowest BCUT2D eigenvalue weighted by Crippen LogP contribution is -2.30. The van der Waals surface area contributed by atoms with Gasteiger partial charge >= 0.3 is 0 Å². The van der Waals surface area contributed by atoms with Gasteiger partial charge in [-0.2, -0.15) is 0 Å². The van der Waals surface area contributed by atoms with Crippen molar-refractivity contribution in [3.8, 4) is 11.5 Å². The molecule has 0 unspecified atom stereocenters. The van der Waals surface area contributed by atoms with Gasteiger partial charge in [-0.05, 0) is 43.2 Å². The Labute approximate surface area is 153 Å². The Morgan fingerprint density at radius 3 is 2.65 bits per heavy atom. The van der Waals surface area contributed by atoms with E-state index in [-0.39, 0.29) is 23.7 Å². The zero-order chi connectivity index (χ0) is 18.1. The average molecular weight is 375 g/mol. The molecule has 2 aromatic rings. The van der Waals surface area contributed by atoms with E-state index >= 15 is 0 Å². The minimum Gasteiger partial charge on any atom is -0.454 e. The third-order valence-electron chi connectivity index (χ3n) is 4.81. The number of fused-ring (bicyclic) bond motifs is 1. The van der Waals surface area contributed by atoms with Crippen LogP contribution in [0.1, 0.15) is 23.7 Å². The molecule has 2 aliphatic rings. The first-order chi connectivity index (χ1) is 12.5. The van der Waals surface area contributed by atoms with Gasteiger partial charge in [0.2, 0.25) is 16.8 Å². The van der Waals surface area contributed by atoms with Crippen LogP contribution in [0.25, 0.3) is 0 Å². The second-order valence-corrected chi connectivity index (χ2v) is 8.38. The lowest BCUT2D eigenvalue weighted by Gasteiger charge is -2.19. The van der Waals surface area contributed by atoms with Crippen LogP contribution < -0.4 is 14.2 Å². The van der Waals surface area contributed by atoms with Crippen molar-refractivity contribution >= 4 is 10.0 Å². The Morgan fingerprint density at radius 1 is 1.08 bits per heavy atom. The van der Waals surface area contributed by atoms with E-state index in [0.29, 0.717) is 18.9 Å². The second kappa shape index (κ2) is 6.90. The van der Waals surface area contributed by atoms with E-state index in [2.05, 4.69) is 4.72 Å². The van der Waals surface area contributed by atoms with Crippen molar-refractivity contribution < 1.29 is 22.6 Å². The van der Waals surface area contributed by atoms with E-state index in [4.69, 9.17) is 14.2 Å². The molecule has 7 heteroatoms. The second-order valence-electron chi connectivity index (χ2n) is 6.62. The molecular formula is C19H21NO5S. The van der Waals surface area contributed by atoms with Crippen LogP contribution in [0.15, 0.2) is 47.4 Å². The van der Waals surface area contributed by atoms with Crippen molar-refractivity contribution in [1.82, 2.24) is 4.72 Å². The molecule has 0 aromatic heterocycles. The monoisotopic (exact) mass is 375 g/mol. The number of benzene rings is 2. The highest BCUT2D eigenvalue weighted by Gasteiger charge is 2.32. The van der Waals surface area contributed by atoms with Crippen molar-refractivity contribution in [2.24, 2.45) is 5.92 Å². The molecule has 0 spiro atoms. The minimum absolute atomic E-state index is 0.0654. The molecular weight excluding hydrogens is 354 g/mol.